The van der Waals surface area contributed by atoms with Crippen molar-refractivity contribution in [1.82, 2.24) is 9.80 Å². The van der Waals surface area contributed by atoms with Crippen LogP contribution in [0.2, 0.25) is 0 Å². The van der Waals surface area contributed by atoms with Crippen molar-refractivity contribution >= 4 is 27.9 Å². The monoisotopic (exact) mass is 398 g/mol. The van der Waals surface area contributed by atoms with Crippen molar-refractivity contribution in [2.45, 2.75) is 32.8 Å². The molecular formula is C17H23BrN2O4. The average Bonchev–Trinajstić information content (AvgIpc) is 2.89. The van der Waals surface area contributed by atoms with Crippen molar-refractivity contribution in [2.24, 2.45) is 11.8 Å². The predicted molar refractivity (Wildman–Crippen MR) is 91.7 cm³/mol. The molecular weight excluding hydrogens is 376 g/mol. The van der Waals surface area contributed by atoms with Crippen LogP contribution in [0.25, 0.3) is 0 Å². The molecule has 2 aliphatic heterocycles. The first kappa shape index (κ1) is 17.3. The van der Waals surface area contributed by atoms with E-state index in [4.69, 9.17) is 9.15 Å². The summed E-state index contributed by atoms with van der Waals surface area (Å²) in [5.74, 6) is 0.816. The highest BCUT2D eigenvalue weighted by molar-refractivity contribution is 9.10. The van der Waals surface area contributed by atoms with Crippen LogP contribution in [-0.2, 0) is 4.74 Å². The molecule has 132 valence electrons. The van der Waals surface area contributed by atoms with Crippen molar-refractivity contribution in [3.8, 4) is 0 Å². The van der Waals surface area contributed by atoms with Gasteiger partial charge in [0.25, 0.3) is 5.91 Å². The highest BCUT2D eigenvalue weighted by atomic mass is 79.9. The number of ether oxygens (including phenoxy) is 1. The summed E-state index contributed by atoms with van der Waals surface area (Å²) in [4.78, 5) is 28.5. The lowest BCUT2D eigenvalue weighted by Crippen LogP contribution is -2.55. The van der Waals surface area contributed by atoms with Gasteiger partial charge in [-0.1, -0.05) is 0 Å². The molecule has 0 spiro atoms. The minimum atomic E-state index is -0.489. The highest BCUT2D eigenvalue weighted by Gasteiger charge is 2.39. The maximum atomic E-state index is 12.6. The van der Waals surface area contributed by atoms with E-state index in [-0.39, 0.29) is 23.8 Å². The molecule has 0 radical (unpaired) electrons. The first-order valence-corrected chi connectivity index (χ1v) is 9.02. The molecule has 24 heavy (non-hydrogen) atoms. The normalized spacial score (nSPS) is 24.0. The summed E-state index contributed by atoms with van der Waals surface area (Å²) in [7, 11) is 0. The predicted octanol–water partition coefficient (Wildman–Crippen LogP) is 3.37. The smallest absolute Gasteiger partial charge is 0.410 e. The second-order valence-corrected chi connectivity index (χ2v) is 8.52. The van der Waals surface area contributed by atoms with E-state index < -0.39 is 5.60 Å². The van der Waals surface area contributed by atoms with Crippen molar-refractivity contribution in [3.63, 3.8) is 0 Å². The number of carbonyl (C=O) groups is 2. The Hall–Kier alpha value is -1.50. The Kier molecular flexibility index (Phi) is 4.64. The fourth-order valence-electron chi connectivity index (χ4n) is 3.51. The summed E-state index contributed by atoms with van der Waals surface area (Å²) in [5.41, 5.74) is -0.489. The Morgan fingerprint density at radius 3 is 2.25 bits per heavy atom. The van der Waals surface area contributed by atoms with Gasteiger partial charge in [0.05, 0.1) is 10.7 Å². The third kappa shape index (κ3) is 3.77. The summed E-state index contributed by atoms with van der Waals surface area (Å²) >= 11 is 3.34. The molecule has 0 aliphatic carbocycles. The number of halogens is 1. The maximum absolute atomic E-state index is 12.6. The molecule has 0 unspecified atom stereocenters. The number of furan rings is 1. The minimum absolute atomic E-state index is 0.0905. The van der Waals surface area contributed by atoms with Crippen LogP contribution < -0.4 is 0 Å². The molecule has 7 heteroatoms. The van der Waals surface area contributed by atoms with Crippen LogP contribution in [0.15, 0.2) is 21.2 Å². The SMILES string of the molecule is CC(C)(C)OC(=O)N1C[C@H]2C[C@@H](C1)CN(C(=O)c1occc1Br)C2. The van der Waals surface area contributed by atoms with Crippen molar-refractivity contribution < 1.29 is 18.7 Å². The summed E-state index contributed by atoms with van der Waals surface area (Å²) in [6, 6.07) is 1.72. The molecule has 2 amide bonds. The number of hydrogen-bond acceptors (Lipinski definition) is 4. The van der Waals surface area contributed by atoms with Gasteiger partial charge in [0.15, 0.2) is 0 Å². The first-order valence-electron chi connectivity index (χ1n) is 8.23. The van der Waals surface area contributed by atoms with Gasteiger partial charge in [0.2, 0.25) is 5.76 Å². The van der Waals surface area contributed by atoms with Gasteiger partial charge in [-0.25, -0.2) is 4.79 Å². The lowest BCUT2D eigenvalue weighted by molar-refractivity contribution is -0.00764. The molecule has 2 atom stereocenters. The third-order valence-corrected chi connectivity index (χ3v) is 4.96. The number of amides is 2. The minimum Gasteiger partial charge on any atom is -0.458 e. The van der Waals surface area contributed by atoms with Crippen LogP contribution in [0, 0.1) is 11.8 Å². The van der Waals surface area contributed by atoms with Crippen molar-refractivity contribution in [2.75, 3.05) is 26.2 Å². The van der Waals surface area contributed by atoms with Crippen LogP contribution in [-0.4, -0.2) is 53.6 Å². The van der Waals surface area contributed by atoms with Crippen LogP contribution >= 0.6 is 15.9 Å². The number of fused-ring (bicyclic) bond motifs is 2. The van der Waals surface area contributed by atoms with E-state index >= 15 is 0 Å². The van der Waals surface area contributed by atoms with Gasteiger partial charge in [0, 0.05) is 26.2 Å². The molecule has 3 rings (SSSR count). The maximum Gasteiger partial charge on any atom is 0.410 e. The number of hydrogen-bond donors (Lipinski definition) is 0. The van der Waals surface area contributed by atoms with Gasteiger partial charge in [-0.2, -0.15) is 0 Å². The zero-order valence-electron chi connectivity index (χ0n) is 14.3. The second kappa shape index (κ2) is 6.43. The summed E-state index contributed by atoms with van der Waals surface area (Å²) in [6.07, 6.45) is 2.29. The Balaban J connectivity index is 1.64. The van der Waals surface area contributed by atoms with Crippen molar-refractivity contribution in [3.05, 3.63) is 22.6 Å². The van der Waals surface area contributed by atoms with Crippen LogP contribution in [0.5, 0.6) is 0 Å². The Bertz CT molecular complexity index is 623. The van der Waals surface area contributed by atoms with E-state index in [0.29, 0.717) is 36.4 Å². The largest absolute Gasteiger partial charge is 0.458 e. The molecule has 6 nitrogen and oxygen atoms in total. The van der Waals surface area contributed by atoms with Crippen molar-refractivity contribution in [1.29, 1.82) is 0 Å². The summed E-state index contributed by atoms with van der Waals surface area (Å²) < 4.78 is 11.4. The Labute approximate surface area is 150 Å². The van der Waals surface area contributed by atoms with Crippen LogP contribution in [0.3, 0.4) is 0 Å². The lowest BCUT2D eigenvalue weighted by Gasteiger charge is -2.45. The summed E-state index contributed by atoms with van der Waals surface area (Å²) in [5, 5.41) is 0. The number of nitrogens with zero attached hydrogens (tertiary/aromatic N) is 2. The standard InChI is InChI=1S/C17H23BrN2O4/c1-17(2,3)24-16(22)20-9-11-6-12(10-20)8-19(7-11)15(21)14-13(18)4-5-23-14/h4-5,11-12H,6-10H2,1-3H3/t11-,12+. The zero-order chi connectivity index (χ0) is 17.5. The van der Waals surface area contributed by atoms with E-state index in [1.165, 1.54) is 6.26 Å². The average molecular weight is 399 g/mol. The molecule has 1 aromatic rings. The highest BCUT2D eigenvalue weighted by Crippen LogP contribution is 2.31. The molecule has 2 bridgehead atoms. The van der Waals surface area contributed by atoms with Crippen LogP contribution in [0.1, 0.15) is 37.7 Å². The van der Waals surface area contributed by atoms with Gasteiger partial charge in [-0.3, -0.25) is 4.79 Å². The summed E-state index contributed by atoms with van der Waals surface area (Å²) in [6.45, 7) is 8.17. The zero-order valence-corrected chi connectivity index (χ0v) is 15.8. The number of carbonyl (C=O) groups excluding carboxylic acids is 2. The Morgan fingerprint density at radius 2 is 1.75 bits per heavy atom. The van der Waals surface area contributed by atoms with Gasteiger partial charge in [0.1, 0.15) is 5.60 Å². The first-order chi connectivity index (χ1) is 11.2. The van der Waals surface area contributed by atoms with Gasteiger partial charge in [-0.15, -0.1) is 0 Å². The Morgan fingerprint density at radius 1 is 1.17 bits per heavy atom. The van der Waals surface area contributed by atoms with Gasteiger partial charge < -0.3 is 19.0 Å². The number of rotatable bonds is 1. The van der Waals surface area contributed by atoms with E-state index in [1.54, 1.807) is 11.0 Å². The van der Waals surface area contributed by atoms with E-state index in [0.717, 1.165) is 6.42 Å². The molecule has 0 saturated carbocycles. The lowest BCUT2D eigenvalue weighted by atomic mass is 9.84. The number of likely N-dealkylation sites (tertiary alicyclic amines) is 2. The molecule has 2 aliphatic rings. The molecule has 2 fully saturated rings. The second-order valence-electron chi connectivity index (χ2n) is 7.66. The van der Waals surface area contributed by atoms with E-state index in [2.05, 4.69) is 15.9 Å². The van der Waals surface area contributed by atoms with Gasteiger partial charge in [-0.05, 0) is 61.0 Å². The molecule has 0 N–H and O–H groups in total. The molecule has 2 saturated heterocycles. The topological polar surface area (TPSA) is 63.0 Å². The molecule has 3 heterocycles. The molecule has 1 aromatic heterocycles. The quantitative estimate of drug-likeness (QED) is 0.727. The van der Waals surface area contributed by atoms with Gasteiger partial charge >= 0.3 is 6.09 Å². The fraction of sp³-hybridized carbons (Fsp3) is 0.647. The molecule has 0 aromatic carbocycles. The van der Waals surface area contributed by atoms with E-state index in [9.17, 15) is 9.59 Å². The number of piperidine rings is 2. The van der Waals surface area contributed by atoms with E-state index in [1.807, 2.05) is 25.7 Å². The third-order valence-electron chi connectivity index (χ3n) is 4.33. The van der Waals surface area contributed by atoms with Crippen LogP contribution in [0.4, 0.5) is 4.79 Å². The fourth-order valence-corrected chi connectivity index (χ4v) is 3.88.